The van der Waals surface area contributed by atoms with Crippen LogP contribution in [0.25, 0.3) is 0 Å². The summed E-state index contributed by atoms with van der Waals surface area (Å²) in [5.41, 5.74) is 0. The number of nitrogens with one attached hydrogen (secondary N) is 2. The molecule has 8 nitrogen and oxygen atoms in total. The minimum absolute atomic E-state index is 0.0970. The van der Waals surface area contributed by atoms with Crippen molar-refractivity contribution >= 4 is 22.0 Å². The van der Waals surface area contributed by atoms with E-state index in [0.29, 0.717) is 13.1 Å². The number of urea groups is 1. The highest BCUT2D eigenvalue weighted by Gasteiger charge is 2.33. The highest BCUT2D eigenvalue weighted by atomic mass is 32.2. The van der Waals surface area contributed by atoms with Crippen molar-refractivity contribution < 1.29 is 22.4 Å². The van der Waals surface area contributed by atoms with Gasteiger partial charge in [-0.15, -0.1) is 0 Å². The number of hydrogen-bond donors (Lipinski definition) is 2. The monoisotopic (exact) mass is 400 g/mol. The van der Waals surface area contributed by atoms with Crippen LogP contribution in [-0.2, 0) is 14.8 Å². The number of nitrogens with zero attached hydrogens (tertiary/aromatic N) is 2. The Hall–Kier alpha value is -2.04. The third-order valence-corrected chi connectivity index (χ3v) is 6.24. The zero-order chi connectivity index (χ0) is 20.2. The minimum Gasteiger partial charge on any atom is -0.336 e. The van der Waals surface area contributed by atoms with E-state index in [0.717, 1.165) is 6.07 Å². The van der Waals surface area contributed by atoms with Gasteiger partial charge in [-0.05, 0) is 32.9 Å². The van der Waals surface area contributed by atoms with Crippen LogP contribution in [0.5, 0.6) is 0 Å². The van der Waals surface area contributed by atoms with Crippen LogP contribution in [-0.4, -0.2) is 67.8 Å². The van der Waals surface area contributed by atoms with E-state index in [-0.39, 0.29) is 24.0 Å². The molecule has 0 saturated carbocycles. The van der Waals surface area contributed by atoms with Crippen LogP contribution in [0.15, 0.2) is 29.2 Å². The van der Waals surface area contributed by atoms with Gasteiger partial charge in [0.25, 0.3) is 0 Å². The fourth-order valence-electron chi connectivity index (χ4n) is 2.80. The van der Waals surface area contributed by atoms with Gasteiger partial charge in [0.05, 0.1) is 6.04 Å². The lowest BCUT2D eigenvalue weighted by atomic mass is 10.2. The second-order valence-corrected chi connectivity index (χ2v) is 8.57. The maximum atomic E-state index is 13.9. The van der Waals surface area contributed by atoms with Crippen molar-refractivity contribution in [3.05, 3.63) is 30.1 Å². The van der Waals surface area contributed by atoms with Crippen molar-refractivity contribution in [1.82, 2.24) is 19.8 Å². The van der Waals surface area contributed by atoms with Gasteiger partial charge in [-0.3, -0.25) is 15.0 Å². The number of piperazine rings is 1. The van der Waals surface area contributed by atoms with Gasteiger partial charge < -0.3 is 5.32 Å². The predicted octanol–water partition coefficient (Wildman–Crippen LogP) is 0.755. The number of carbonyl (C=O) groups is 2. The van der Waals surface area contributed by atoms with Gasteiger partial charge in [0.15, 0.2) is 0 Å². The average Bonchev–Trinajstić information content (AvgIpc) is 2.60. The first-order chi connectivity index (χ1) is 12.6. The second-order valence-electron chi connectivity index (χ2n) is 6.66. The van der Waals surface area contributed by atoms with Crippen LogP contribution in [0, 0.1) is 5.82 Å². The summed E-state index contributed by atoms with van der Waals surface area (Å²) in [5, 5.41) is 4.84. The first-order valence-electron chi connectivity index (χ1n) is 8.73. The Morgan fingerprint density at radius 1 is 1.07 bits per heavy atom. The number of rotatable bonds is 5. The molecule has 0 aromatic heterocycles. The van der Waals surface area contributed by atoms with E-state index in [2.05, 4.69) is 10.6 Å². The number of hydrogen-bond acceptors (Lipinski definition) is 5. The molecule has 0 unspecified atom stereocenters. The van der Waals surface area contributed by atoms with Gasteiger partial charge in [0.2, 0.25) is 15.9 Å². The lowest BCUT2D eigenvalue weighted by Crippen LogP contribution is -2.56. The van der Waals surface area contributed by atoms with E-state index >= 15 is 0 Å². The summed E-state index contributed by atoms with van der Waals surface area (Å²) in [5.74, 6) is -1.25. The Labute approximate surface area is 158 Å². The van der Waals surface area contributed by atoms with Crippen LogP contribution in [0.4, 0.5) is 9.18 Å². The van der Waals surface area contributed by atoms with E-state index in [1.165, 1.54) is 22.5 Å². The molecule has 1 aromatic rings. The number of benzene rings is 1. The summed E-state index contributed by atoms with van der Waals surface area (Å²) in [6, 6.07) is 3.99. The predicted molar refractivity (Wildman–Crippen MR) is 98.0 cm³/mol. The molecule has 2 rings (SSSR count). The molecule has 1 heterocycles. The van der Waals surface area contributed by atoms with Gasteiger partial charge in [-0.25, -0.2) is 17.6 Å². The number of amides is 3. The van der Waals surface area contributed by atoms with Crippen LogP contribution < -0.4 is 10.6 Å². The standard InChI is InChI=1S/C17H25FN4O4S/c1-12(2)19-17(24)20-16(23)13(3)21-8-10-22(11-9-21)27(25,26)15-7-5-4-6-14(15)18/h4-7,12-13H,8-11H2,1-3H3,(H2,19,20,23,24)/t13-/m1/s1. The largest absolute Gasteiger partial charge is 0.336 e. The Morgan fingerprint density at radius 3 is 2.22 bits per heavy atom. The van der Waals surface area contributed by atoms with E-state index in [1.54, 1.807) is 25.7 Å². The van der Waals surface area contributed by atoms with Gasteiger partial charge in [-0.2, -0.15) is 4.31 Å². The molecule has 1 saturated heterocycles. The molecule has 150 valence electrons. The average molecular weight is 400 g/mol. The molecule has 0 radical (unpaired) electrons. The third kappa shape index (κ3) is 5.24. The Morgan fingerprint density at radius 2 is 1.67 bits per heavy atom. The SMILES string of the molecule is CC(C)NC(=O)NC(=O)[C@@H](C)N1CCN(S(=O)(=O)c2ccccc2F)CC1. The van der Waals surface area contributed by atoms with Crippen molar-refractivity contribution in [2.75, 3.05) is 26.2 Å². The van der Waals surface area contributed by atoms with Crippen molar-refractivity contribution in [2.24, 2.45) is 0 Å². The van der Waals surface area contributed by atoms with Crippen LogP contribution in [0.3, 0.4) is 0 Å². The number of halogens is 1. The molecule has 1 fully saturated rings. The highest BCUT2D eigenvalue weighted by Crippen LogP contribution is 2.20. The number of imide groups is 1. The molecule has 1 aromatic carbocycles. The van der Waals surface area contributed by atoms with E-state index in [4.69, 9.17) is 0 Å². The first kappa shape index (κ1) is 21.3. The zero-order valence-electron chi connectivity index (χ0n) is 15.6. The molecule has 3 amide bonds. The zero-order valence-corrected chi connectivity index (χ0v) is 16.4. The van der Waals surface area contributed by atoms with Crippen LogP contribution >= 0.6 is 0 Å². The molecule has 0 spiro atoms. The molecule has 0 bridgehead atoms. The van der Waals surface area contributed by atoms with Crippen molar-refractivity contribution in [3.8, 4) is 0 Å². The molecule has 1 aliphatic rings. The summed E-state index contributed by atoms with van der Waals surface area (Å²) < 4.78 is 40.3. The Bertz CT molecular complexity index is 792. The van der Waals surface area contributed by atoms with Gasteiger partial charge in [0.1, 0.15) is 10.7 Å². The maximum Gasteiger partial charge on any atom is 0.321 e. The molecule has 10 heteroatoms. The summed E-state index contributed by atoms with van der Waals surface area (Å²) in [6.45, 7) is 6.07. The fourth-order valence-corrected chi connectivity index (χ4v) is 4.29. The summed E-state index contributed by atoms with van der Waals surface area (Å²) in [6.07, 6.45) is 0. The first-order valence-corrected chi connectivity index (χ1v) is 10.2. The smallest absolute Gasteiger partial charge is 0.321 e. The lowest BCUT2D eigenvalue weighted by molar-refractivity contribution is -0.125. The van der Waals surface area contributed by atoms with Crippen molar-refractivity contribution in [3.63, 3.8) is 0 Å². The maximum absolute atomic E-state index is 13.9. The van der Waals surface area contributed by atoms with E-state index in [1.807, 2.05) is 0 Å². The number of sulfonamides is 1. The molecular weight excluding hydrogens is 375 g/mol. The molecule has 27 heavy (non-hydrogen) atoms. The van der Waals surface area contributed by atoms with Crippen molar-refractivity contribution in [1.29, 1.82) is 0 Å². The normalized spacial score (nSPS) is 17.5. The molecular formula is C17H25FN4O4S. The minimum atomic E-state index is -3.93. The van der Waals surface area contributed by atoms with Gasteiger partial charge >= 0.3 is 6.03 Å². The Balaban J connectivity index is 1.95. The molecule has 2 N–H and O–H groups in total. The van der Waals surface area contributed by atoms with E-state index in [9.17, 15) is 22.4 Å². The molecule has 1 atom stereocenters. The quantitative estimate of drug-likeness (QED) is 0.760. The summed E-state index contributed by atoms with van der Waals surface area (Å²) in [4.78, 5) is 25.3. The molecule has 0 aliphatic carbocycles. The topological polar surface area (TPSA) is 98.8 Å². The molecule has 1 aliphatic heterocycles. The Kier molecular flexibility index (Phi) is 6.90. The summed E-state index contributed by atoms with van der Waals surface area (Å²) in [7, 11) is -3.93. The van der Waals surface area contributed by atoms with Crippen molar-refractivity contribution in [2.45, 2.75) is 37.8 Å². The van der Waals surface area contributed by atoms with Gasteiger partial charge in [-0.1, -0.05) is 12.1 Å². The highest BCUT2D eigenvalue weighted by molar-refractivity contribution is 7.89. The third-order valence-electron chi connectivity index (χ3n) is 4.31. The van der Waals surface area contributed by atoms with Crippen LogP contribution in [0.2, 0.25) is 0 Å². The number of carbonyl (C=O) groups excluding carboxylic acids is 2. The second kappa shape index (κ2) is 8.77. The lowest BCUT2D eigenvalue weighted by Gasteiger charge is -2.36. The van der Waals surface area contributed by atoms with E-state index < -0.39 is 33.8 Å². The summed E-state index contributed by atoms with van der Waals surface area (Å²) >= 11 is 0. The fraction of sp³-hybridized carbons (Fsp3) is 0.529. The van der Waals surface area contributed by atoms with Gasteiger partial charge in [0, 0.05) is 32.2 Å². The van der Waals surface area contributed by atoms with Crippen LogP contribution in [0.1, 0.15) is 20.8 Å².